The lowest BCUT2D eigenvalue weighted by molar-refractivity contribution is 0.178. The van der Waals surface area contributed by atoms with Gasteiger partial charge >= 0.3 is 0 Å². The number of thiophene rings is 1. The van der Waals surface area contributed by atoms with Crippen LogP contribution in [0.3, 0.4) is 0 Å². The maximum absolute atomic E-state index is 8.96. The van der Waals surface area contributed by atoms with Crippen molar-refractivity contribution in [3.05, 3.63) is 76.9 Å². The van der Waals surface area contributed by atoms with E-state index in [9.17, 15) is 0 Å². The van der Waals surface area contributed by atoms with Gasteiger partial charge in [0.1, 0.15) is 17.3 Å². The van der Waals surface area contributed by atoms with Crippen LogP contribution >= 0.6 is 11.3 Å². The van der Waals surface area contributed by atoms with Gasteiger partial charge in [-0.2, -0.15) is 5.26 Å². The highest BCUT2D eigenvalue weighted by Crippen LogP contribution is 2.37. The van der Waals surface area contributed by atoms with Crippen molar-refractivity contribution in [1.29, 1.82) is 5.26 Å². The molecule has 0 unspecified atom stereocenters. The average molecular weight is 386 g/mol. The van der Waals surface area contributed by atoms with Crippen LogP contribution in [0.15, 0.2) is 60.0 Å². The van der Waals surface area contributed by atoms with Gasteiger partial charge in [-0.05, 0) is 23.3 Å². The van der Waals surface area contributed by atoms with Crippen LogP contribution in [0.1, 0.15) is 17.0 Å². The molecule has 0 radical (unpaired) electrons. The Morgan fingerprint density at radius 1 is 1.07 bits per heavy atom. The van der Waals surface area contributed by atoms with E-state index in [1.54, 1.807) is 18.4 Å². The van der Waals surface area contributed by atoms with Crippen molar-refractivity contribution < 1.29 is 4.74 Å². The van der Waals surface area contributed by atoms with E-state index in [1.165, 1.54) is 0 Å². The first-order chi connectivity index (χ1) is 13.8. The van der Waals surface area contributed by atoms with Crippen molar-refractivity contribution in [2.24, 2.45) is 0 Å². The molecular weight excluding hydrogens is 368 g/mol. The number of aromatic nitrogens is 2. The van der Waals surface area contributed by atoms with E-state index in [1.807, 2.05) is 42.5 Å². The second-order valence-corrected chi connectivity index (χ2v) is 7.14. The van der Waals surface area contributed by atoms with Crippen molar-refractivity contribution in [3.63, 3.8) is 0 Å². The van der Waals surface area contributed by atoms with Gasteiger partial charge in [0.2, 0.25) is 0 Å². The van der Waals surface area contributed by atoms with Crippen molar-refractivity contribution in [3.8, 4) is 17.2 Å². The van der Waals surface area contributed by atoms with Crippen LogP contribution in [-0.2, 0) is 17.9 Å². The fourth-order valence-electron chi connectivity index (χ4n) is 3.02. The maximum Gasteiger partial charge on any atom is 0.158 e. The molecule has 1 N–H and O–H groups in total. The van der Waals surface area contributed by atoms with Crippen LogP contribution < -0.4 is 5.32 Å². The van der Waals surface area contributed by atoms with Gasteiger partial charge in [-0.3, -0.25) is 0 Å². The summed E-state index contributed by atoms with van der Waals surface area (Å²) in [6, 6.07) is 19.9. The summed E-state index contributed by atoms with van der Waals surface area (Å²) in [5, 5.41) is 15.6. The Kier molecular flexibility index (Phi) is 5.29. The lowest BCUT2D eigenvalue weighted by atomic mass is 10.1. The lowest BCUT2D eigenvalue weighted by Gasteiger charge is -2.11. The Hall–Kier alpha value is -3.27. The van der Waals surface area contributed by atoms with Crippen molar-refractivity contribution in [2.75, 3.05) is 12.4 Å². The van der Waals surface area contributed by atoms with Gasteiger partial charge in [-0.1, -0.05) is 42.5 Å². The largest absolute Gasteiger partial charge is 0.377 e. The minimum atomic E-state index is 0.361. The predicted molar refractivity (Wildman–Crippen MR) is 112 cm³/mol. The molecule has 0 saturated heterocycles. The van der Waals surface area contributed by atoms with E-state index in [0.29, 0.717) is 24.5 Å². The minimum Gasteiger partial charge on any atom is -0.377 e. The Labute approximate surface area is 167 Å². The first kappa shape index (κ1) is 18.1. The number of nitriles is 1. The van der Waals surface area contributed by atoms with Gasteiger partial charge in [0, 0.05) is 24.6 Å². The van der Waals surface area contributed by atoms with Crippen molar-refractivity contribution in [2.45, 2.75) is 13.2 Å². The summed E-state index contributed by atoms with van der Waals surface area (Å²) in [4.78, 5) is 10.3. The monoisotopic (exact) mass is 386 g/mol. The molecule has 0 spiro atoms. The molecule has 2 aromatic heterocycles. The molecule has 4 aromatic rings. The smallest absolute Gasteiger partial charge is 0.158 e. The SMILES string of the molecule is COCc1nc(NCc2ccc(C#N)cc2)c2c(-c3ccccc3)csc2n1. The molecule has 0 amide bonds. The van der Waals surface area contributed by atoms with Crippen molar-refractivity contribution in [1.82, 2.24) is 9.97 Å². The van der Waals surface area contributed by atoms with Crippen LogP contribution in [0.5, 0.6) is 0 Å². The van der Waals surface area contributed by atoms with E-state index < -0.39 is 0 Å². The molecule has 0 aliphatic heterocycles. The van der Waals surface area contributed by atoms with Gasteiger partial charge in [-0.15, -0.1) is 11.3 Å². The Balaban J connectivity index is 1.73. The van der Waals surface area contributed by atoms with Gasteiger partial charge < -0.3 is 10.1 Å². The third-order valence-corrected chi connectivity index (χ3v) is 5.25. The van der Waals surface area contributed by atoms with Gasteiger partial charge in [0.15, 0.2) is 5.82 Å². The van der Waals surface area contributed by atoms with E-state index in [0.717, 1.165) is 32.7 Å². The molecule has 5 nitrogen and oxygen atoms in total. The van der Waals surface area contributed by atoms with Crippen LogP contribution in [-0.4, -0.2) is 17.1 Å². The zero-order valence-corrected chi connectivity index (χ0v) is 16.2. The number of hydrogen-bond acceptors (Lipinski definition) is 6. The normalized spacial score (nSPS) is 10.7. The summed E-state index contributed by atoms with van der Waals surface area (Å²) in [5.74, 6) is 1.44. The van der Waals surface area contributed by atoms with Crippen LogP contribution in [0, 0.1) is 11.3 Å². The zero-order chi connectivity index (χ0) is 19.3. The quantitative estimate of drug-likeness (QED) is 0.505. The van der Waals surface area contributed by atoms with Gasteiger partial charge in [-0.25, -0.2) is 9.97 Å². The summed E-state index contributed by atoms with van der Waals surface area (Å²) in [5.41, 5.74) is 3.99. The predicted octanol–water partition coefficient (Wildman–Crippen LogP) is 4.99. The standard InChI is InChI=1S/C22H18N4OS/c1-27-13-19-25-21(24-12-16-9-7-15(11-23)8-10-16)20-18(14-28-22(20)26-19)17-5-3-2-4-6-17/h2-10,14H,12-13H2,1H3,(H,24,25,26). The fraction of sp³-hybridized carbons (Fsp3) is 0.136. The molecule has 0 bridgehead atoms. The highest BCUT2D eigenvalue weighted by molar-refractivity contribution is 7.17. The summed E-state index contributed by atoms with van der Waals surface area (Å²) >= 11 is 1.61. The third-order valence-electron chi connectivity index (χ3n) is 4.38. The number of nitrogens with one attached hydrogen (secondary N) is 1. The Morgan fingerprint density at radius 3 is 2.57 bits per heavy atom. The first-order valence-electron chi connectivity index (χ1n) is 8.84. The molecule has 0 saturated carbocycles. The second kappa shape index (κ2) is 8.17. The summed E-state index contributed by atoms with van der Waals surface area (Å²) in [7, 11) is 1.64. The van der Waals surface area contributed by atoms with Crippen LogP contribution in [0.25, 0.3) is 21.3 Å². The number of benzene rings is 2. The molecule has 0 fully saturated rings. The highest BCUT2D eigenvalue weighted by Gasteiger charge is 2.15. The molecular formula is C22H18N4OS. The molecule has 138 valence electrons. The maximum atomic E-state index is 8.96. The molecule has 0 aliphatic carbocycles. The Bertz CT molecular complexity index is 1130. The third kappa shape index (κ3) is 3.72. The van der Waals surface area contributed by atoms with E-state index in [-0.39, 0.29) is 0 Å². The highest BCUT2D eigenvalue weighted by atomic mass is 32.1. The molecule has 4 rings (SSSR count). The van der Waals surface area contributed by atoms with Gasteiger partial charge in [0.25, 0.3) is 0 Å². The molecule has 28 heavy (non-hydrogen) atoms. The van der Waals surface area contributed by atoms with E-state index in [4.69, 9.17) is 15.0 Å². The molecule has 6 heteroatoms. The minimum absolute atomic E-state index is 0.361. The number of fused-ring (bicyclic) bond motifs is 1. The second-order valence-electron chi connectivity index (χ2n) is 6.28. The van der Waals surface area contributed by atoms with Crippen LogP contribution in [0.2, 0.25) is 0 Å². The number of rotatable bonds is 6. The summed E-state index contributed by atoms with van der Waals surface area (Å²) in [6.07, 6.45) is 0. The van der Waals surface area contributed by atoms with Gasteiger partial charge in [0.05, 0.1) is 17.0 Å². The molecule has 0 atom stereocenters. The molecule has 2 heterocycles. The van der Waals surface area contributed by atoms with E-state index >= 15 is 0 Å². The fourth-order valence-corrected chi connectivity index (χ4v) is 3.99. The molecule has 2 aromatic carbocycles. The summed E-state index contributed by atoms with van der Waals surface area (Å²) in [6.45, 7) is 0.967. The van der Waals surface area contributed by atoms with E-state index in [2.05, 4.69) is 33.9 Å². The molecule has 0 aliphatic rings. The Morgan fingerprint density at radius 2 is 1.86 bits per heavy atom. The van der Waals surface area contributed by atoms with Crippen molar-refractivity contribution >= 4 is 27.4 Å². The summed E-state index contributed by atoms with van der Waals surface area (Å²) < 4.78 is 5.23. The number of nitrogens with zero attached hydrogens (tertiary/aromatic N) is 3. The topological polar surface area (TPSA) is 70.8 Å². The number of ether oxygens (including phenoxy) is 1. The van der Waals surface area contributed by atoms with Crippen LogP contribution in [0.4, 0.5) is 5.82 Å². The number of hydrogen-bond donors (Lipinski definition) is 1. The number of anilines is 1. The zero-order valence-electron chi connectivity index (χ0n) is 15.3. The number of methoxy groups -OCH3 is 1. The lowest BCUT2D eigenvalue weighted by Crippen LogP contribution is -2.06. The first-order valence-corrected chi connectivity index (χ1v) is 9.72. The average Bonchev–Trinajstić information content (AvgIpc) is 3.17.